The van der Waals surface area contributed by atoms with Gasteiger partial charge in [0.1, 0.15) is 6.10 Å². The number of ether oxygens (including phenoxy) is 2. The van der Waals surface area contributed by atoms with Crippen molar-refractivity contribution in [2.45, 2.75) is 121 Å². The molecule has 0 aliphatic carbocycles. The van der Waals surface area contributed by atoms with Crippen LogP contribution in [0.2, 0.25) is 23.2 Å². The van der Waals surface area contributed by atoms with E-state index in [9.17, 15) is 9.59 Å². The summed E-state index contributed by atoms with van der Waals surface area (Å²) in [5.74, 6) is -0.401. The predicted molar refractivity (Wildman–Crippen MR) is 209 cm³/mol. The SMILES string of the molecule is CC(C)(C)[Si](C)(C)O[C@H]1/C=C\C[C@@H](CO[Si](c2ccccc2)(c2ccccc2)C(C)(C)C)OC(=O)/C=C\C[C@@H]2C=CC[C@@H](C/C=C/C(=O)C1)O2. The van der Waals surface area contributed by atoms with E-state index in [1.807, 2.05) is 42.5 Å². The number of esters is 1. The Labute approximate surface area is 302 Å². The van der Waals surface area contributed by atoms with E-state index in [0.29, 0.717) is 19.3 Å². The zero-order valence-corrected chi connectivity index (χ0v) is 33.4. The highest BCUT2D eigenvalue weighted by Crippen LogP contribution is 2.38. The first-order valence-electron chi connectivity index (χ1n) is 18.1. The molecule has 6 nitrogen and oxygen atoms in total. The standard InChI is InChI=1S/C42H58O6Si2/c1-41(2,3)49(7,8)48-36-24-17-25-37(47-40(44)30-18-23-35-22-16-21-34(46-35)20-15-19-33(43)31-36)32-45-50(42(4,5)6,38-26-11-9-12-27-38)39-28-13-10-14-29-39/h9-19,22,24,26-30,34-37H,20-21,23,25,31-32H2,1-8H3/b19-15+,24-17-,30-18-/t34-,35+,36+,37+/m1/s1. The Bertz CT molecular complexity index is 1480. The monoisotopic (exact) mass is 714 g/mol. The third kappa shape index (κ3) is 10.7. The molecule has 50 heavy (non-hydrogen) atoms. The highest BCUT2D eigenvalue weighted by molar-refractivity contribution is 6.99. The van der Waals surface area contributed by atoms with Gasteiger partial charge in [-0.05, 0) is 58.9 Å². The second kappa shape index (κ2) is 17.4. The van der Waals surface area contributed by atoms with Crippen LogP contribution < -0.4 is 10.4 Å². The Hall–Kier alpha value is -3.15. The zero-order chi connectivity index (χ0) is 36.4. The summed E-state index contributed by atoms with van der Waals surface area (Å²) in [6.07, 6.45) is 16.6. The summed E-state index contributed by atoms with van der Waals surface area (Å²) in [6.45, 7) is 17.9. The van der Waals surface area contributed by atoms with E-state index in [2.05, 4.69) is 109 Å². The largest absolute Gasteiger partial charge is 0.456 e. The normalized spacial score (nSPS) is 25.2. The molecule has 2 heterocycles. The van der Waals surface area contributed by atoms with E-state index in [1.165, 1.54) is 6.08 Å². The van der Waals surface area contributed by atoms with E-state index in [4.69, 9.17) is 18.3 Å². The highest BCUT2D eigenvalue weighted by Gasteiger charge is 2.50. The summed E-state index contributed by atoms with van der Waals surface area (Å²) < 4.78 is 26.4. The van der Waals surface area contributed by atoms with Crippen molar-refractivity contribution < 1.29 is 27.9 Å². The number of hydrogen-bond acceptors (Lipinski definition) is 6. The molecule has 2 bridgehead atoms. The summed E-state index contributed by atoms with van der Waals surface area (Å²) in [5.41, 5.74) is 0. The second-order valence-corrected chi connectivity index (χ2v) is 25.1. The molecular formula is C42H58O6Si2. The molecule has 0 fully saturated rings. The summed E-state index contributed by atoms with van der Waals surface area (Å²) in [7, 11) is -5.09. The number of cyclic esters (lactones) is 1. The van der Waals surface area contributed by atoms with Gasteiger partial charge in [-0.15, -0.1) is 0 Å². The van der Waals surface area contributed by atoms with Crippen LogP contribution >= 0.6 is 0 Å². The van der Waals surface area contributed by atoms with Gasteiger partial charge in [-0.3, -0.25) is 4.79 Å². The van der Waals surface area contributed by atoms with E-state index in [0.717, 1.165) is 16.8 Å². The van der Waals surface area contributed by atoms with E-state index < -0.39 is 34.8 Å². The van der Waals surface area contributed by atoms with Crippen molar-refractivity contribution in [1.82, 2.24) is 0 Å². The molecular weight excluding hydrogens is 657 g/mol. The summed E-state index contributed by atoms with van der Waals surface area (Å²) in [6, 6.07) is 20.9. The maximum absolute atomic E-state index is 13.3. The highest BCUT2D eigenvalue weighted by atomic mass is 28.4. The molecule has 2 aromatic rings. The molecule has 8 heteroatoms. The summed E-state index contributed by atoms with van der Waals surface area (Å²) in [4.78, 5) is 26.6. The number of ketones is 1. The van der Waals surface area contributed by atoms with E-state index in [-0.39, 0.29) is 41.1 Å². The van der Waals surface area contributed by atoms with Crippen molar-refractivity contribution in [2.24, 2.45) is 0 Å². The molecule has 0 aromatic heterocycles. The Morgan fingerprint density at radius 2 is 1.30 bits per heavy atom. The number of carbonyl (C=O) groups excluding carboxylic acids is 2. The van der Waals surface area contributed by atoms with Crippen LogP contribution in [-0.4, -0.2) is 59.4 Å². The quantitative estimate of drug-likeness (QED) is 0.163. The minimum absolute atomic E-state index is 0.0169. The van der Waals surface area contributed by atoms with Crippen LogP contribution in [-0.2, 0) is 27.9 Å². The lowest BCUT2D eigenvalue weighted by Crippen LogP contribution is -2.67. The Morgan fingerprint density at radius 1 is 0.720 bits per heavy atom. The van der Waals surface area contributed by atoms with Crippen LogP contribution in [0, 0.1) is 0 Å². The predicted octanol–water partition coefficient (Wildman–Crippen LogP) is 8.39. The first-order chi connectivity index (χ1) is 23.6. The average Bonchev–Trinajstić information content (AvgIpc) is 3.04. The molecule has 0 saturated carbocycles. The minimum atomic E-state index is -2.88. The van der Waals surface area contributed by atoms with Crippen LogP contribution in [0.25, 0.3) is 0 Å². The molecule has 2 aliphatic heterocycles. The van der Waals surface area contributed by atoms with Gasteiger partial charge in [0.2, 0.25) is 0 Å². The number of benzene rings is 2. The fraction of sp³-hybridized carbons (Fsp3) is 0.476. The fourth-order valence-corrected chi connectivity index (χ4v) is 12.2. The number of carbonyl (C=O) groups is 2. The molecule has 2 aliphatic rings. The number of allylic oxidation sites excluding steroid dienone is 1. The third-order valence-corrected chi connectivity index (χ3v) is 19.5. The Balaban J connectivity index is 1.69. The van der Waals surface area contributed by atoms with Gasteiger partial charge in [0.05, 0.1) is 24.9 Å². The second-order valence-electron chi connectivity index (χ2n) is 16.0. The molecule has 4 rings (SSSR count). The first kappa shape index (κ1) is 39.6. The number of hydrogen-bond donors (Lipinski definition) is 0. The molecule has 2 aromatic carbocycles. The van der Waals surface area contributed by atoms with Gasteiger partial charge in [-0.1, -0.05) is 139 Å². The van der Waals surface area contributed by atoms with Gasteiger partial charge in [-0.25, -0.2) is 4.79 Å². The van der Waals surface area contributed by atoms with Gasteiger partial charge >= 0.3 is 5.97 Å². The fourth-order valence-electron chi connectivity index (χ4n) is 6.35. The van der Waals surface area contributed by atoms with Crippen molar-refractivity contribution >= 4 is 38.8 Å². The van der Waals surface area contributed by atoms with E-state index >= 15 is 0 Å². The molecule has 4 atom stereocenters. The lowest BCUT2D eigenvalue weighted by Gasteiger charge is -2.43. The maximum atomic E-state index is 13.3. The first-order valence-corrected chi connectivity index (χ1v) is 22.9. The summed E-state index contributed by atoms with van der Waals surface area (Å²) in [5, 5.41) is 2.07. The smallest absolute Gasteiger partial charge is 0.330 e. The minimum Gasteiger partial charge on any atom is -0.456 e. The Kier molecular flexibility index (Phi) is 13.8. The van der Waals surface area contributed by atoms with Crippen LogP contribution in [0.5, 0.6) is 0 Å². The molecule has 0 radical (unpaired) electrons. The number of rotatable bonds is 7. The molecule has 270 valence electrons. The van der Waals surface area contributed by atoms with Crippen LogP contribution in [0.4, 0.5) is 0 Å². The van der Waals surface area contributed by atoms with E-state index in [1.54, 1.807) is 6.08 Å². The van der Waals surface area contributed by atoms with Crippen molar-refractivity contribution in [1.29, 1.82) is 0 Å². The number of fused-ring (bicyclic) bond motifs is 2. The molecule has 0 spiro atoms. The Morgan fingerprint density at radius 3 is 1.90 bits per heavy atom. The van der Waals surface area contributed by atoms with Crippen LogP contribution in [0.15, 0.2) is 109 Å². The lowest BCUT2D eigenvalue weighted by molar-refractivity contribution is -0.144. The summed E-state index contributed by atoms with van der Waals surface area (Å²) >= 11 is 0. The van der Waals surface area contributed by atoms with Crippen molar-refractivity contribution in [3.05, 3.63) is 109 Å². The topological polar surface area (TPSA) is 71.1 Å². The molecule has 0 N–H and O–H groups in total. The molecule has 0 amide bonds. The molecule has 0 unspecified atom stereocenters. The lowest BCUT2D eigenvalue weighted by atomic mass is 10.1. The zero-order valence-electron chi connectivity index (χ0n) is 31.4. The van der Waals surface area contributed by atoms with Gasteiger partial charge in [0, 0.05) is 18.9 Å². The van der Waals surface area contributed by atoms with Gasteiger partial charge in [0.25, 0.3) is 8.32 Å². The third-order valence-electron chi connectivity index (χ3n) is 10.0. The van der Waals surface area contributed by atoms with Gasteiger partial charge in [0.15, 0.2) is 14.1 Å². The van der Waals surface area contributed by atoms with Crippen LogP contribution in [0.1, 0.15) is 73.6 Å². The van der Waals surface area contributed by atoms with Crippen molar-refractivity contribution in [3.8, 4) is 0 Å². The van der Waals surface area contributed by atoms with Crippen molar-refractivity contribution in [3.63, 3.8) is 0 Å². The maximum Gasteiger partial charge on any atom is 0.330 e. The average molecular weight is 715 g/mol. The van der Waals surface area contributed by atoms with Gasteiger partial charge in [-0.2, -0.15) is 0 Å². The molecule has 0 saturated heterocycles. The van der Waals surface area contributed by atoms with Crippen molar-refractivity contribution in [2.75, 3.05) is 6.61 Å². The van der Waals surface area contributed by atoms with Crippen LogP contribution in [0.3, 0.4) is 0 Å². The van der Waals surface area contributed by atoms with Gasteiger partial charge < -0.3 is 18.3 Å².